The molecule has 2 aromatic heterocycles. The maximum atomic E-state index is 12.3. The fourth-order valence-corrected chi connectivity index (χ4v) is 2.81. The quantitative estimate of drug-likeness (QED) is 0.728. The third kappa shape index (κ3) is 3.73. The Balaban J connectivity index is 1.73. The first-order valence-corrected chi connectivity index (χ1v) is 8.46. The molecule has 1 N–H and O–H groups in total. The van der Waals surface area contributed by atoms with E-state index >= 15 is 0 Å². The van der Waals surface area contributed by atoms with E-state index in [0.29, 0.717) is 17.9 Å². The second kappa shape index (κ2) is 7.00. The molecule has 3 rings (SSSR count). The van der Waals surface area contributed by atoms with Crippen LogP contribution in [0.5, 0.6) is 0 Å². The van der Waals surface area contributed by atoms with Crippen LogP contribution < -0.4 is 5.32 Å². The summed E-state index contributed by atoms with van der Waals surface area (Å²) in [7, 11) is 0. The number of aromatic nitrogens is 4. The molecule has 0 bridgehead atoms. The lowest BCUT2D eigenvalue weighted by molar-refractivity contribution is 0.102. The second-order valence-electron chi connectivity index (χ2n) is 5.55. The molecule has 0 saturated carbocycles. The number of nitrogens with zero attached hydrogens (tertiary/aromatic N) is 4. The Morgan fingerprint density at radius 1 is 1.29 bits per heavy atom. The van der Waals surface area contributed by atoms with E-state index in [1.807, 2.05) is 19.2 Å². The first-order chi connectivity index (χ1) is 11.5. The molecule has 0 saturated heterocycles. The fourth-order valence-electron chi connectivity index (χ4n) is 2.39. The number of hydrogen-bond donors (Lipinski definition) is 1. The predicted octanol–water partition coefficient (Wildman–Crippen LogP) is 3.47. The second-order valence-corrected chi connectivity index (χ2v) is 6.41. The number of nitrogens with one attached hydrogen (secondary N) is 1. The van der Waals surface area contributed by atoms with Gasteiger partial charge < -0.3 is 5.32 Å². The molecule has 1 amide bonds. The van der Waals surface area contributed by atoms with E-state index in [0.717, 1.165) is 16.6 Å². The van der Waals surface area contributed by atoms with Gasteiger partial charge in [-0.25, -0.2) is 0 Å². The maximum Gasteiger partial charge on any atom is 0.260 e. The monoisotopic (exact) mass is 387 g/mol. The zero-order valence-corrected chi connectivity index (χ0v) is 15.1. The Morgan fingerprint density at radius 2 is 2.12 bits per heavy atom. The maximum absolute atomic E-state index is 12.3. The van der Waals surface area contributed by atoms with Crippen LogP contribution in [0.3, 0.4) is 0 Å². The molecule has 0 unspecified atom stereocenters. The van der Waals surface area contributed by atoms with Gasteiger partial charge in [-0.3, -0.25) is 14.2 Å². The molecule has 7 heteroatoms. The molecule has 0 atom stereocenters. The summed E-state index contributed by atoms with van der Waals surface area (Å²) in [5.74, 6) is 0.271. The smallest absolute Gasteiger partial charge is 0.260 e. The summed E-state index contributed by atoms with van der Waals surface area (Å²) in [5.41, 5.74) is 2.88. The summed E-state index contributed by atoms with van der Waals surface area (Å²) in [6.07, 6.45) is 5.12. The third-order valence-electron chi connectivity index (χ3n) is 3.60. The molecule has 2 heterocycles. The van der Waals surface area contributed by atoms with Crippen LogP contribution in [0, 0.1) is 6.92 Å². The Labute approximate surface area is 148 Å². The number of amides is 1. The molecule has 6 nitrogen and oxygen atoms in total. The van der Waals surface area contributed by atoms with Crippen molar-refractivity contribution in [3.05, 3.63) is 64.0 Å². The van der Waals surface area contributed by atoms with Crippen LogP contribution in [-0.2, 0) is 13.1 Å². The first kappa shape index (κ1) is 16.4. The van der Waals surface area contributed by atoms with Gasteiger partial charge in [0, 0.05) is 18.9 Å². The summed E-state index contributed by atoms with van der Waals surface area (Å²) in [6, 6.07) is 8.26. The summed E-state index contributed by atoms with van der Waals surface area (Å²) in [5, 5.41) is 11.4. The summed E-state index contributed by atoms with van der Waals surface area (Å²) in [4.78, 5) is 12.3. The third-order valence-corrected chi connectivity index (χ3v) is 4.18. The van der Waals surface area contributed by atoms with Crippen molar-refractivity contribution in [2.75, 3.05) is 5.32 Å². The lowest BCUT2D eigenvalue weighted by Crippen LogP contribution is -2.12. The molecule has 3 aromatic rings. The minimum absolute atomic E-state index is 0.226. The summed E-state index contributed by atoms with van der Waals surface area (Å²) < 4.78 is 4.25. The zero-order valence-electron chi connectivity index (χ0n) is 13.5. The lowest BCUT2D eigenvalue weighted by atomic mass is 10.1. The van der Waals surface area contributed by atoms with Crippen LogP contribution in [0.15, 0.2) is 47.3 Å². The molecule has 1 aromatic carbocycles. The van der Waals surface area contributed by atoms with Gasteiger partial charge in [0.2, 0.25) is 0 Å². The molecular formula is C17H18BrN5O. The molecule has 0 fully saturated rings. The van der Waals surface area contributed by atoms with E-state index in [4.69, 9.17) is 0 Å². The van der Waals surface area contributed by atoms with Crippen molar-refractivity contribution in [1.82, 2.24) is 19.6 Å². The summed E-state index contributed by atoms with van der Waals surface area (Å²) in [6.45, 7) is 5.40. The van der Waals surface area contributed by atoms with Crippen molar-refractivity contribution in [2.24, 2.45) is 0 Å². The highest BCUT2D eigenvalue weighted by Crippen LogP contribution is 2.21. The molecule has 0 aliphatic carbocycles. The van der Waals surface area contributed by atoms with Gasteiger partial charge in [0.15, 0.2) is 5.82 Å². The predicted molar refractivity (Wildman–Crippen MR) is 96.1 cm³/mol. The van der Waals surface area contributed by atoms with E-state index < -0.39 is 0 Å². The van der Waals surface area contributed by atoms with E-state index in [-0.39, 0.29) is 5.91 Å². The average molecular weight is 388 g/mol. The number of halogens is 1. The average Bonchev–Trinajstić information content (AvgIpc) is 3.15. The zero-order chi connectivity index (χ0) is 17.1. The highest BCUT2D eigenvalue weighted by molar-refractivity contribution is 9.10. The Morgan fingerprint density at radius 3 is 2.83 bits per heavy atom. The van der Waals surface area contributed by atoms with Gasteiger partial charge in [-0.1, -0.05) is 29.8 Å². The fraction of sp³-hybridized carbons (Fsp3) is 0.235. The molecular weight excluding hydrogens is 370 g/mol. The SMILES string of the molecule is CCn1cc(C(=O)Nc2nn(Cc3cccc(C)c3)cc2Br)cn1. The van der Waals surface area contributed by atoms with Crippen molar-refractivity contribution < 1.29 is 4.79 Å². The number of aryl methyl sites for hydroxylation is 2. The van der Waals surface area contributed by atoms with Gasteiger partial charge >= 0.3 is 0 Å². The van der Waals surface area contributed by atoms with E-state index in [1.165, 1.54) is 5.56 Å². The van der Waals surface area contributed by atoms with Crippen LogP contribution in [0.2, 0.25) is 0 Å². The first-order valence-electron chi connectivity index (χ1n) is 7.67. The Kier molecular flexibility index (Phi) is 4.80. The highest BCUT2D eigenvalue weighted by Gasteiger charge is 2.13. The van der Waals surface area contributed by atoms with Gasteiger partial charge in [-0.15, -0.1) is 0 Å². The van der Waals surface area contributed by atoms with Crippen LogP contribution in [0.4, 0.5) is 5.82 Å². The van der Waals surface area contributed by atoms with Crippen molar-refractivity contribution in [3.63, 3.8) is 0 Å². The number of anilines is 1. The lowest BCUT2D eigenvalue weighted by Gasteiger charge is -2.03. The number of carbonyl (C=O) groups is 1. The number of carbonyl (C=O) groups excluding carboxylic acids is 1. The Hall–Kier alpha value is -2.41. The van der Waals surface area contributed by atoms with Gasteiger partial charge in [0.25, 0.3) is 5.91 Å². The van der Waals surface area contributed by atoms with Crippen LogP contribution >= 0.6 is 15.9 Å². The standard InChI is InChI=1S/C17H18BrN5O/c1-3-22-10-14(8-19-22)17(24)20-16-15(18)11-23(21-16)9-13-6-4-5-12(2)7-13/h4-8,10-11H,3,9H2,1-2H3,(H,20,21,24). The minimum atomic E-state index is -0.226. The van der Waals surface area contributed by atoms with Gasteiger partial charge in [0.05, 0.1) is 22.8 Å². The molecule has 0 radical (unpaired) electrons. The number of benzene rings is 1. The number of hydrogen-bond acceptors (Lipinski definition) is 3. The Bertz CT molecular complexity index is 868. The van der Waals surface area contributed by atoms with Gasteiger partial charge in [0.1, 0.15) is 0 Å². The van der Waals surface area contributed by atoms with Crippen molar-refractivity contribution in [2.45, 2.75) is 26.9 Å². The summed E-state index contributed by atoms with van der Waals surface area (Å²) >= 11 is 3.45. The van der Waals surface area contributed by atoms with Crippen LogP contribution in [0.25, 0.3) is 0 Å². The molecule has 124 valence electrons. The van der Waals surface area contributed by atoms with Crippen molar-refractivity contribution in [1.29, 1.82) is 0 Å². The van der Waals surface area contributed by atoms with E-state index in [1.54, 1.807) is 21.8 Å². The highest BCUT2D eigenvalue weighted by atomic mass is 79.9. The molecule has 0 aliphatic heterocycles. The largest absolute Gasteiger partial charge is 0.304 e. The molecule has 0 spiro atoms. The van der Waals surface area contributed by atoms with Crippen molar-refractivity contribution >= 4 is 27.7 Å². The minimum Gasteiger partial charge on any atom is -0.304 e. The van der Waals surface area contributed by atoms with E-state index in [9.17, 15) is 4.79 Å². The molecule has 24 heavy (non-hydrogen) atoms. The van der Waals surface area contributed by atoms with E-state index in [2.05, 4.69) is 56.6 Å². The van der Waals surface area contributed by atoms with Gasteiger partial charge in [-0.05, 0) is 35.3 Å². The van der Waals surface area contributed by atoms with Crippen molar-refractivity contribution in [3.8, 4) is 0 Å². The molecule has 0 aliphatic rings. The van der Waals surface area contributed by atoms with Crippen LogP contribution in [0.1, 0.15) is 28.4 Å². The normalized spacial score (nSPS) is 10.8. The number of rotatable bonds is 5. The topological polar surface area (TPSA) is 64.7 Å². The van der Waals surface area contributed by atoms with Crippen LogP contribution in [-0.4, -0.2) is 25.5 Å². The van der Waals surface area contributed by atoms with Gasteiger partial charge in [-0.2, -0.15) is 10.2 Å².